The van der Waals surface area contributed by atoms with Crippen molar-refractivity contribution >= 4 is 17.4 Å². The van der Waals surface area contributed by atoms with Crippen molar-refractivity contribution in [3.05, 3.63) is 35.1 Å². The predicted octanol–water partition coefficient (Wildman–Crippen LogP) is 2.51. The molecule has 0 saturated carbocycles. The van der Waals surface area contributed by atoms with E-state index in [1.807, 2.05) is 0 Å². The molecule has 1 rings (SSSR count). The molecule has 0 aromatic heterocycles. The summed E-state index contributed by atoms with van der Waals surface area (Å²) in [6, 6.07) is 5.46. The highest BCUT2D eigenvalue weighted by Crippen LogP contribution is 2.11. The van der Waals surface area contributed by atoms with E-state index in [2.05, 4.69) is 0 Å². The summed E-state index contributed by atoms with van der Waals surface area (Å²) < 4.78 is 13.0. The Balaban J connectivity index is 2.98. The minimum atomic E-state index is -0.673. The highest BCUT2D eigenvalue weighted by Gasteiger charge is 2.08. The van der Waals surface area contributed by atoms with Gasteiger partial charge in [0.25, 0.3) is 0 Å². The number of halogens is 2. The lowest BCUT2D eigenvalue weighted by atomic mass is 10.1. The molecular formula is C10H7ClFNO. The standard InChI is InChI=1S/C10H7ClFNO/c11-4-3-10(14)7-1-2-8(6-13)9(12)5-7/h1-2,5H,3-4H2. The van der Waals surface area contributed by atoms with E-state index in [1.54, 1.807) is 6.07 Å². The van der Waals surface area contributed by atoms with E-state index in [9.17, 15) is 9.18 Å². The largest absolute Gasteiger partial charge is 0.294 e. The van der Waals surface area contributed by atoms with Gasteiger partial charge in [0.2, 0.25) is 0 Å². The zero-order valence-corrected chi connectivity index (χ0v) is 8.01. The van der Waals surface area contributed by atoms with Crippen molar-refractivity contribution in [2.75, 3.05) is 5.88 Å². The van der Waals surface area contributed by atoms with E-state index >= 15 is 0 Å². The molecule has 0 bridgehead atoms. The van der Waals surface area contributed by atoms with Crippen LogP contribution in [0.4, 0.5) is 4.39 Å². The van der Waals surface area contributed by atoms with Crippen molar-refractivity contribution < 1.29 is 9.18 Å². The third-order valence-electron chi connectivity index (χ3n) is 1.73. The molecule has 0 spiro atoms. The van der Waals surface area contributed by atoms with E-state index < -0.39 is 5.82 Å². The molecule has 1 aromatic carbocycles. The highest BCUT2D eigenvalue weighted by molar-refractivity contribution is 6.19. The number of carbonyl (C=O) groups is 1. The van der Waals surface area contributed by atoms with E-state index in [-0.39, 0.29) is 29.2 Å². The summed E-state index contributed by atoms with van der Waals surface area (Å²) in [7, 11) is 0. The molecule has 0 unspecified atom stereocenters. The van der Waals surface area contributed by atoms with Crippen LogP contribution in [0.3, 0.4) is 0 Å². The third kappa shape index (κ3) is 2.30. The number of Topliss-reactive ketones (excluding diaryl/α,β-unsaturated/α-hetero) is 1. The molecule has 0 saturated heterocycles. The van der Waals surface area contributed by atoms with Gasteiger partial charge in [0, 0.05) is 17.9 Å². The molecule has 4 heteroatoms. The van der Waals surface area contributed by atoms with Crippen molar-refractivity contribution in [1.82, 2.24) is 0 Å². The van der Waals surface area contributed by atoms with Crippen LogP contribution in [0.15, 0.2) is 18.2 Å². The van der Waals surface area contributed by atoms with Crippen LogP contribution in [-0.4, -0.2) is 11.7 Å². The molecule has 0 N–H and O–H groups in total. The van der Waals surface area contributed by atoms with Gasteiger partial charge < -0.3 is 0 Å². The van der Waals surface area contributed by atoms with Crippen LogP contribution in [0, 0.1) is 17.1 Å². The molecule has 0 heterocycles. The number of carbonyl (C=O) groups excluding carboxylic acids is 1. The van der Waals surface area contributed by atoms with Crippen molar-refractivity contribution in [3.8, 4) is 6.07 Å². The minimum absolute atomic E-state index is 0.0626. The summed E-state index contributed by atoms with van der Waals surface area (Å²) in [6.45, 7) is 0. The molecule has 72 valence electrons. The van der Waals surface area contributed by atoms with E-state index in [0.717, 1.165) is 6.07 Å². The molecule has 14 heavy (non-hydrogen) atoms. The monoisotopic (exact) mass is 211 g/mol. The fraction of sp³-hybridized carbons (Fsp3) is 0.200. The maximum absolute atomic E-state index is 13.0. The van der Waals surface area contributed by atoms with Crippen LogP contribution in [0.25, 0.3) is 0 Å². The second-order valence-electron chi connectivity index (χ2n) is 2.67. The maximum atomic E-state index is 13.0. The number of hydrogen-bond acceptors (Lipinski definition) is 2. The Labute approximate surface area is 85.9 Å². The number of benzene rings is 1. The summed E-state index contributed by atoms with van der Waals surface area (Å²) in [6.07, 6.45) is 0.174. The van der Waals surface area contributed by atoms with Crippen LogP contribution in [0.2, 0.25) is 0 Å². The molecule has 1 aromatic rings. The Morgan fingerprint density at radius 1 is 1.57 bits per heavy atom. The fourth-order valence-electron chi connectivity index (χ4n) is 1.01. The molecule has 0 radical (unpaired) electrons. The van der Waals surface area contributed by atoms with Gasteiger partial charge in [-0.25, -0.2) is 4.39 Å². The van der Waals surface area contributed by atoms with Gasteiger partial charge >= 0.3 is 0 Å². The van der Waals surface area contributed by atoms with Crippen molar-refractivity contribution in [2.45, 2.75) is 6.42 Å². The van der Waals surface area contributed by atoms with Gasteiger partial charge in [0.15, 0.2) is 5.78 Å². The predicted molar refractivity (Wildman–Crippen MR) is 50.8 cm³/mol. The summed E-state index contributed by atoms with van der Waals surface area (Å²) in [5.74, 6) is -0.684. The Bertz CT molecular complexity index is 398. The van der Waals surface area contributed by atoms with Gasteiger partial charge in [-0.3, -0.25) is 4.79 Å². The Morgan fingerprint density at radius 2 is 2.29 bits per heavy atom. The van der Waals surface area contributed by atoms with Crippen molar-refractivity contribution in [3.63, 3.8) is 0 Å². The summed E-state index contributed by atoms with van der Waals surface area (Å²) in [4.78, 5) is 11.3. The molecule has 0 aliphatic rings. The summed E-state index contributed by atoms with van der Waals surface area (Å²) in [5.41, 5.74) is 0.189. The third-order valence-corrected chi connectivity index (χ3v) is 1.92. The lowest BCUT2D eigenvalue weighted by molar-refractivity contribution is 0.0989. The van der Waals surface area contributed by atoms with Crippen LogP contribution in [-0.2, 0) is 0 Å². The van der Waals surface area contributed by atoms with Crippen LogP contribution in [0.5, 0.6) is 0 Å². The van der Waals surface area contributed by atoms with Gasteiger partial charge in [-0.1, -0.05) is 0 Å². The molecule has 0 fully saturated rings. The summed E-state index contributed by atoms with van der Waals surface area (Å²) >= 11 is 5.38. The zero-order valence-electron chi connectivity index (χ0n) is 7.26. The molecule has 0 aliphatic carbocycles. The highest BCUT2D eigenvalue weighted by atomic mass is 35.5. The Hall–Kier alpha value is -1.40. The fourth-order valence-corrected chi connectivity index (χ4v) is 1.18. The average Bonchev–Trinajstić information content (AvgIpc) is 2.18. The first-order valence-electron chi connectivity index (χ1n) is 3.98. The Kier molecular flexibility index (Phi) is 3.61. The van der Waals surface area contributed by atoms with Gasteiger partial charge in [-0.05, 0) is 18.2 Å². The number of nitrogens with zero attached hydrogens (tertiary/aromatic N) is 1. The van der Waals surface area contributed by atoms with E-state index in [0.29, 0.717) is 0 Å². The van der Waals surface area contributed by atoms with Gasteiger partial charge in [-0.2, -0.15) is 5.26 Å². The topological polar surface area (TPSA) is 40.9 Å². The first-order valence-corrected chi connectivity index (χ1v) is 4.51. The lowest BCUT2D eigenvalue weighted by Gasteiger charge is -1.99. The number of rotatable bonds is 3. The minimum Gasteiger partial charge on any atom is -0.294 e. The van der Waals surface area contributed by atoms with Crippen LogP contribution in [0.1, 0.15) is 22.3 Å². The summed E-state index contributed by atoms with van der Waals surface area (Å²) in [5, 5.41) is 8.46. The number of nitriles is 1. The first kappa shape index (κ1) is 10.7. The smallest absolute Gasteiger partial charge is 0.164 e. The van der Waals surface area contributed by atoms with Gasteiger partial charge in [0.1, 0.15) is 11.9 Å². The molecule has 2 nitrogen and oxygen atoms in total. The number of ketones is 1. The van der Waals surface area contributed by atoms with Crippen molar-refractivity contribution in [1.29, 1.82) is 5.26 Å². The Morgan fingerprint density at radius 3 is 2.79 bits per heavy atom. The van der Waals surface area contributed by atoms with Gasteiger partial charge in [0.05, 0.1) is 5.56 Å². The zero-order chi connectivity index (χ0) is 10.6. The lowest BCUT2D eigenvalue weighted by Crippen LogP contribution is -2.00. The molecule has 0 atom stereocenters. The maximum Gasteiger partial charge on any atom is 0.164 e. The molecule has 0 amide bonds. The number of hydrogen-bond donors (Lipinski definition) is 0. The first-order chi connectivity index (χ1) is 6.69. The van der Waals surface area contributed by atoms with Gasteiger partial charge in [-0.15, -0.1) is 11.6 Å². The van der Waals surface area contributed by atoms with Crippen molar-refractivity contribution in [2.24, 2.45) is 0 Å². The number of alkyl halides is 1. The average molecular weight is 212 g/mol. The SMILES string of the molecule is N#Cc1ccc(C(=O)CCCl)cc1F. The second kappa shape index (κ2) is 4.73. The van der Waals surface area contributed by atoms with E-state index in [1.165, 1.54) is 12.1 Å². The van der Waals surface area contributed by atoms with Crippen LogP contribution >= 0.6 is 11.6 Å². The second-order valence-corrected chi connectivity index (χ2v) is 3.05. The quantitative estimate of drug-likeness (QED) is 0.569. The molecule has 0 aliphatic heterocycles. The van der Waals surface area contributed by atoms with E-state index in [4.69, 9.17) is 16.9 Å². The molecular weight excluding hydrogens is 205 g/mol. The van der Waals surface area contributed by atoms with Crippen LogP contribution < -0.4 is 0 Å². The normalized spacial score (nSPS) is 9.50.